The molecule has 2 heterocycles. The smallest absolute Gasteiger partial charge is 0.369 e. The molecule has 0 aliphatic heterocycles. The number of anilines is 1. The molecule has 1 atom stereocenters. The zero-order chi connectivity index (χ0) is 27.4. The number of halogens is 7. The summed E-state index contributed by atoms with van der Waals surface area (Å²) in [5.41, 5.74) is 6.22. The van der Waals surface area contributed by atoms with Crippen LogP contribution in [0.1, 0.15) is 28.3 Å². The van der Waals surface area contributed by atoms with Crippen LogP contribution in [-0.4, -0.2) is 15.0 Å². The summed E-state index contributed by atoms with van der Waals surface area (Å²) in [5, 5.41) is 0.419. The average Bonchev–Trinajstić information content (AvgIpc) is 3.24. The third-order valence-electron chi connectivity index (χ3n) is 5.56. The lowest BCUT2D eigenvalue weighted by atomic mass is 9.88. The molecule has 0 radical (unpaired) electrons. The van der Waals surface area contributed by atoms with Crippen molar-refractivity contribution in [3.05, 3.63) is 124 Å². The molecular formula is C27H19ClF6N4. The van der Waals surface area contributed by atoms with E-state index in [1.807, 2.05) is 30.3 Å². The molecule has 0 aliphatic carbocycles. The number of aromatic amines is 1. The molecule has 196 valence electrons. The molecule has 5 rings (SSSR count). The molecule has 0 saturated heterocycles. The van der Waals surface area contributed by atoms with Crippen LogP contribution >= 0.6 is 11.6 Å². The van der Waals surface area contributed by atoms with Gasteiger partial charge in [0.15, 0.2) is 11.8 Å². The summed E-state index contributed by atoms with van der Waals surface area (Å²) in [6.45, 7) is 0. The van der Waals surface area contributed by atoms with Gasteiger partial charge in [-0.3, -0.25) is 4.98 Å². The van der Waals surface area contributed by atoms with Crippen LogP contribution in [0.5, 0.6) is 0 Å². The third kappa shape index (κ3) is 6.63. The first kappa shape index (κ1) is 27.0. The Bertz CT molecular complexity index is 1540. The van der Waals surface area contributed by atoms with E-state index < -0.39 is 35.1 Å². The topological polar surface area (TPSA) is 67.6 Å². The van der Waals surface area contributed by atoms with Crippen LogP contribution in [0.15, 0.2) is 79.0 Å². The number of nitrogens with zero attached hydrogens (tertiary/aromatic N) is 2. The van der Waals surface area contributed by atoms with Crippen molar-refractivity contribution in [1.29, 1.82) is 0 Å². The van der Waals surface area contributed by atoms with Crippen molar-refractivity contribution >= 4 is 28.6 Å². The van der Waals surface area contributed by atoms with Gasteiger partial charge in [-0.05, 0) is 53.9 Å². The first-order valence-corrected chi connectivity index (χ1v) is 11.5. The second-order valence-corrected chi connectivity index (χ2v) is 8.76. The predicted molar refractivity (Wildman–Crippen MR) is 133 cm³/mol. The van der Waals surface area contributed by atoms with Gasteiger partial charge in [0.25, 0.3) is 0 Å². The zero-order valence-corrected chi connectivity index (χ0v) is 20.2. The molecule has 0 saturated carbocycles. The van der Waals surface area contributed by atoms with E-state index in [1.54, 1.807) is 12.1 Å². The van der Waals surface area contributed by atoms with Crippen LogP contribution < -0.4 is 5.73 Å². The van der Waals surface area contributed by atoms with Crippen LogP contribution in [0.25, 0.3) is 11.0 Å². The van der Waals surface area contributed by atoms with Crippen molar-refractivity contribution in [2.45, 2.75) is 18.5 Å². The lowest BCUT2D eigenvalue weighted by Gasteiger charge is -2.19. The minimum Gasteiger partial charge on any atom is -0.369 e. The summed E-state index contributed by atoms with van der Waals surface area (Å²) in [7, 11) is 0. The second-order valence-electron chi connectivity index (χ2n) is 8.32. The fourth-order valence-electron chi connectivity index (χ4n) is 3.87. The molecule has 4 nitrogen and oxygen atoms in total. The molecule has 0 amide bonds. The Hall–Kier alpha value is -4.05. The van der Waals surface area contributed by atoms with Gasteiger partial charge in [0, 0.05) is 23.9 Å². The number of hydrogen-bond donors (Lipinski definition) is 2. The first-order valence-electron chi connectivity index (χ1n) is 11.1. The maximum atomic E-state index is 13.9. The molecule has 3 aromatic carbocycles. The third-order valence-corrected chi connectivity index (χ3v) is 5.79. The van der Waals surface area contributed by atoms with Gasteiger partial charge in [-0.15, -0.1) is 0 Å². The maximum absolute atomic E-state index is 13.9. The summed E-state index contributed by atoms with van der Waals surface area (Å²) in [4.78, 5) is 10.4. The lowest BCUT2D eigenvalue weighted by molar-refractivity contribution is -0.137. The van der Waals surface area contributed by atoms with Crippen molar-refractivity contribution in [3.63, 3.8) is 0 Å². The Morgan fingerprint density at radius 2 is 1.61 bits per heavy atom. The SMILES string of the molecule is Fc1cc([C@H](Cc2ccccc2)c2ccc(Cl)cn2)cc(C(F)(F)F)c1.Nc1nc2c(F)cc(F)cc2[nH]1. The molecule has 2 aromatic heterocycles. The fourth-order valence-corrected chi connectivity index (χ4v) is 3.99. The number of alkyl halides is 3. The quantitative estimate of drug-likeness (QED) is 0.226. The number of fused-ring (bicyclic) bond motifs is 1. The van der Waals surface area contributed by atoms with Gasteiger partial charge in [-0.25, -0.2) is 18.2 Å². The summed E-state index contributed by atoms with van der Waals surface area (Å²) in [6.07, 6.45) is -2.81. The summed E-state index contributed by atoms with van der Waals surface area (Å²) >= 11 is 5.86. The van der Waals surface area contributed by atoms with Crippen LogP contribution in [0, 0.1) is 17.5 Å². The zero-order valence-electron chi connectivity index (χ0n) is 19.4. The monoisotopic (exact) mass is 548 g/mol. The van der Waals surface area contributed by atoms with Gasteiger partial charge in [0.1, 0.15) is 17.2 Å². The molecule has 0 spiro atoms. The van der Waals surface area contributed by atoms with Crippen molar-refractivity contribution in [3.8, 4) is 0 Å². The summed E-state index contributed by atoms with van der Waals surface area (Å²) in [5.74, 6) is -2.75. The summed E-state index contributed by atoms with van der Waals surface area (Å²) < 4.78 is 78.6. The van der Waals surface area contributed by atoms with E-state index in [1.165, 1.54) is 6.20 Å². The predicted octanol–water partition coefficient (Wildman–Crippen LogP) is 7.69. The van der Waals surface area contributed by atoms with Gasteiger partial charge < -0.3 is 10.7 Å². The number of imidazole rings is 1. The van der Waals surface area contributed by atoms with Crippen LogP contribution in [0.2, 0.25) is 5.02 Å². The molecule has 0 bridgehead atoms. The van der Waals surface area contributed by atoms with Crippen molar-refractivity contribution in [2.24, 2.45) is 0 Å². The van der Waals surface area contributed by atoms with Crippen molar-refractivity contribution in [2.75, 3.05) is 5.73 Å². The number of H-pyrrole nitrogens is 1. The maximum Gasteiger partial charge on any atom is 0.416 e. The number of aromatic nitrogens is 3. The van der Waals surface area contributed by atoms with Gasteiger partial charge in [-0.2, -0.15) is 13.2 Å². The fraction of sp³-hybridized carbons (Fsp3) is 0.111. The Balaban J connectivity index is 0.000000232. The molecule has 5 aromatic rings. The van der Waals surface area contributed by atoms with Gasteiger partial charge >= 0.3 is 6.18 Å². The minimum atomic E-state index is -4.62. The van der Waals surface area contributed by atoms with E-state index in [0.717, 1.165) is 29.8 Å². The molecule has 11 heteroatoms. The Morgan fingerprint density at radius 3 is 2.26 bits per heavy atom. The summed E-state index contributed by atoms with van der Waals surface area (Å²) in [6, 6.07) is 17.0. The highest BCUT2D eigenvalue weighted by Gasteiger charge is 2.32. The molecule has 3 N–H and O–H groups in total. The van der Waals surface area contributed by atoms with Gasteiger partial charge in [0.05, 0.1) is 16.1 Å². The highest BCUT2D eigenvalue weighted by atomic mass is 35.5. The number of hydrogen-bond acceptors (Lipinski definition) is 3. The molecule has 0 fully saturated rings. The highest BCUT2D eigenvalue weighted by Crippen LogP contribution is 2.35. The van der Waals surface area contributed by atoms with Crippen molar-refractivity contribution < 1.29 is 26.3 Å². The van der Waals surface area contributed by atoms with E-state index in [4.69, 9.17) is 17.3 Å². The van der Waals surface area contributed by atoms with Crippen LogP contribution in [0.3, 0.4) is 0 Å². The standard InChI is InChI=1S/C20H14ClF4N.C7H5F2N3/c21-16-6-7-19(26-12-16)18(8-13-4-2-1-3-5-13)14-9-15(20(23,24)25)11-17(22)10-14;8-3-1-4(9)6-5(2-3)11-7(10)12-6/h1-7,9-12,18H,8H2;1-2H,(H3,10,11,12)/t18-;/m0./s1. The number of nitrogen functional groups attached to an aromatic ring is 1. The van der Waals surface area contributed by atoms with Gasteiger partial charge in [-0.1, -0.05) is 41.9 Å². The van der Waals surface area contributed by atoms with E-state index in [0.29, 0.717) is 23.2 Å². The Morgan fingerprint density at radius 1 is 0.895 bits per heavy atom. The van der Waals surface area contributed by atoms with E-state index in [-0.39, 0.29) is 22.5 Å². The van der Waals surface area contributed by atoms with Crippen LogP contribution in [-0.2, 0) is 12.6 Å². The molecule has 0 unspecified atom stereocenters. The van der Waals surface area contributed by atoms with Crippen LogP contribution in [0.4, 0.5) is 32.3 Å². The lowest BCUT2D eigenvalue weighted by Crippen LogP contribution is -2.11. The molecule has 0 aliphatic rings. The van der Waals surface area contributed by atoms with Crippen molar-refractivity contribution in [1.82, 2.24) is 15.0 Å². The normalized spacial score (nSPS) is 12.2. The number of pyridine rings is 1. The van der Waals surface area contributed by atoms with E-state index >= 15 is 0 Å². The first-order chi connectivity index (χ1) is 18.0. The molecular weight excluding hydrogens is 530 g/mol. The number of nitrogens with one attached hydrogen (secondary N) is 1. The second kappa shape index (κ2) is 11.1. The number of rotatable bonds is 4. The number of nitrogens with two attached hydrogens (primary N) is 1. The highest BCUT2D eigenvalue weighted by molar-refractivity contribution is 6.30. The van der Waals surface area contributed by atoms with Gasteiger partial charge in [0.2, 0.25) is 0 Å². The minimum absolute atomic E-state index is 0.0638. The van der Waals surface area contributed by atoms with E-state index in [2.05, 4.69) is 15.0 Å². The molecule has 38 heavy (non-hydrogen) atoms. The Kier molecular flexibility index (Phi) is 7.91. The Labute approximate surface area is 218 Å². The number of benzene rings is 3. The largest absolute Gasteiger partial charge is 0.416 e. The van der Waals surface area contributed by atoms with E-state index in [9.17, 15) is 26.3 Å². The average molecular weight is 549 g/mol.